The van der Waals surface area contributed by atoms with Crippen LogP contribution in [-0.2, 0) is 4.84 Å². The highest BCUT2D eigenvalue weighted by molar-refractivity contribution is 7.11. The Morgan fingerprint density at radius 3 is 3.08 bits per heavy atom. The summed E-state index contributed by atoms with van der Waals surface area (Å²) in [6, 6.07) is 0. The number of hydroxylamine groups is 1. The zero-order chi connectivity index (χ0) is 8.97. The number of aryl methyl sites for hydroxylation is 1. The molecule has 0 saturated heterocycles. The van der Waals surface area contributed by atoms with Crippen LogP contribution in [-0.4, -0.2) is 17.5 Å². The van der Waals surface area contributed by atoms with Gasteiger partial charge in [0, 0.05) is 0 Å². The number of carbonyl (C=O) groups is 1. The molecule has 4 nitrogen and oxygen atoms in total. The second kappa shape index (κ2) is 4.18. The molecule has 0 aliphatic carbocycles. The van der Waals surface area contributed by atoms with E-state index >= 15 is 0 Å². The van der Waals surface area contributed by atoms with Crippen molar-refractivity contribution in [3.63, 3.8) is 0 Å². The number of carbonyl (C=O) groups excluding carboxylic acids is 1. The third-order valence-corrected chi connectivity index (χ3v) is 2.19. The number of amides is 1. The van der Waals surface area contributed by atoms with Crippen LogP contribution >= 0.6 is 11.3 Å². The zero-order valence-corrected chi connectivity index (χ0v) is 7.77. The first-order valence-electron chi connectivity index (χ1n) is 3.58. The fraction of sp³-hybridized carbons (Fsp3) is 0.429. The first kappa shape index (κ1) is 9.15. The van der Waals surface area contributed by atoms with Crippen molar-refractivity contribution in [3.8, 4) is 0 Å². The lowest BCUT2D eigenvalue weighted by atomic mass is 10.4. The SMILES string of the molecule is CCONC(=O)c1scnc1C. The van der Waals surface area contributed by atoms with Gasteiger partial charge in [0.2, 0.25) is 0 Å². The minimum absolute atomic E-state index is 0.225. The summed E-state index contributed by atoms with van der Waals surface area (Å²) >= 11 is 1.30. The van der Waals surface area contributed by atoms with E-state index in [4.69, 9.17) is 4.84 Å². The average molecular weight is 186 g/mol. The van der Waals surface area contributed by atoms with Crippen LogP contribution in [0.4, 0.5) is 0 Å². The highest BCUT2D eigenvalue weighted by Gasteiger charge is 2.10. The maximum absolute atomic E-state index is 11.2. The monoisotopic (exact) mass is 186 g/mol. The predicted octanol–water partition coefficient (Wildman–Crippen LogP) is 1.13. The zero-order valence-electron chi connectivity index (χ0n) is 6.96. The fourth-order valence-corrected chi connectivity index (χ4v) is 1.39. The highest BCUT2D eigenvalue weighted by Crippen LogP contribution is 2.11. The van der Waals surface area contributed by atoms with Gasteiger partial charge in [0.05, 0.1) is 17.8 Å². The second-order valence-corrected chi connectivity index (χ2v) is 2.99. The van der Waals surface area contributed by atoms with Crippen molar-refractivity contribution in [2.24, 2.45) is 0 Å². The van der Waals surface area contributed by atoms with Crippen molar-refractivity contribution < 1.29 is 9.63 Å². The van der Waals surface area contributed by atoms with Crippen molar-refractivity contribution in [2.75, 3.05) is 6.61 Å². The van der Waals surface area contributed by atoms with Crippen molar-refractivity contribution in [3.05, 3.63) is 16.1 Å². The van der Waals surface area contributed by atoms with Gasteiger partial charge in [-0.2, -0.15) is 0 Å². The quantitative estimate of drug-likeness (QED) is 0.720. The van der Waals surface area contributed by atoms with Crippen LogP contribution in [0.3, 0.4) is 0 Å². The van der Waals surface area contributed by atoms with Gasteiger partial charge in [-0.15, -0.1) is 11.3 Å². The van der Waals surface area contributed by atoms with Gasteiger partial charge in [-0.05, 0) is 13.8 Å². The molecule has 66 valence electrons. The molecule has 0 fully saturated rings. The highest BCUT2D eigenvalue weighted by atomic mass is 32.1. The Kier molecular flexibility index (Phi) is 3.19. The Hall–Kier alpha value is -0.940. The third kappa shape index (κ3) is 2.02. The molecule has 0 bridgehead atoms. The molecule has 5 heteroatoms. The van der Waals surface area contributed by atoms with E-state index in [1.165, 1.54) is 11.3 Å². The Bertz CT molecular complexity index is 272. The van der Waals surface area contributed by atoms with Crippen LogP contribution in [0.15, 0.2) is 5.51 Å². The van der Waals surface area contributed by atoms with E-state index < -0.39 is 0 Å². The molecule has 0 saturated carbocycles. The second-order valence-electron chi connectivity index (χ2n) is 2.13. The molecule has 1 amide bonds. The lowest BCUT2D eigenvalue weighted by Crippen LogP contribution is -2.23. The number of hydrogen-bond acceptors (Lipinski definition) is 4. The largest absolute Gasteiger partial charge is 0.286 e. The molecule has 1 rings (SSSR count). The summed E-state index contributed by atoms with van der Waals surface area (Å²) in [5.74, 6) is -0.225. The summed E-state index contributed by atoms with van der Waals surface area (Å²) in [6.45, 7) is 4.06. The lowest BCUT2D eigenvalue weighted by molar-refractivity contribution is 0.0367. The van der Waals surface area contributed by atoms with Crippen LogP contribution in [0, 0.1) is 6.92 Å². The smallest absolute Gasteiger partial charge is 0.274 e. The summed E-state index contributed by atoms with van der Waals surface area (Å²) in [5.41, 5.74) is 4.68. The van der Waals surface area contributed by atoms with Gasteiger partial charge in [0.25, 0.3) is 5.91 Å². The third-order valence-electron chi connectivity index (χ3n) is 1.26. The van der Waals surface area contributed by atoms with Crippen LogP contribution in [0.2, 0.25) is 0 Å². The van der Waals surface area contributed by atoms with Crippen LogP contribution in [0.25, 0.3) is 0 Å². The molecule has 1 heterocycles. The summed E-state index contributed by atoms with van der Waals surface area (Å²) in [5, 5.41) is 0. The molecule has 12 heavy (non-hydrogen) atoms. The van der Waals surface area contributed by atoms with Crippen LogP contribution in [0.1, 0.15) is 22.3 Å². The minimum Gasteiger partial charge on any atom is -0.274 e. The molecule has 1 aromatic rings. The first-order valence-corrected chi connectivity index (χ1v) is 4.46. The molecule has 0 aromatic carbocycles. The van der Waals surface area contributed by atoms with E-state index in [1.807, 2.05) is 0 Å². The molecular weight excluding hydrogens is 176 g/mol. The van der Waals surface area contributed by atoms with Gasteiger partial charge in [0.15, 0.2) is 0 Å². The summed E-state index contributed by atoms with van der Waals surface area (Å²) in [6.07, 6.45) is 0. The average Bonchev–Trinajstić information content (AvgIpc) is 2.47. The van der Waals surface area contributed by atoms with Gasteiger partial charge >= 0.3 is 0 Å². The van der Waals surface area contributed by atoms with E-state index in [0.717, 1.165) is 5.69 Å². The molecule has 0 spiro atoms. The maximum Gasteiger partial charge on any atom is 0.286 e. The Morgan fingerprint density at radius 2 is 2.58 bits per heavy atom. The lowest BCUT2D eigenvalue weighted by Gasteiger charge is -2.00. The van der Waals surface area contributed by atoms with Crippen molar-refractivity contribution in [2.45, 2.75) is 13.8 Å². The van der Waals surface area contributed by atoms with E-state index in [2.05, 4.69) is 10.5 Å². The van der Waals surface area contributed by atoms with Crippen LogP contribution in [0.5, 0.6) is 0 Å². The summed E-state index contributed by atoms with van der Waals surface area (Å²) in [4.78, 5) is 20.5. The van der Waals surface area contributed by atoms with Gasteiger partial charge < -0.3 is 0 Å². The number of aromatic nitrogens is 1. The van der Waals surface area contributed by atoms with Gasteiger partial charge in [0.1, 0.15) is 4.88 Å². The number of thiazole rings is 1. The van der Waals surface area contributed by atoms with Crippen molar-refractivity contribution >= 4 is 17.2 Å². The topological polar surface area (TPSA) is 51.2 Å². The molecule has 0 radical (unpaired) electrons. The number of nitrogens with zero attached hydrogens (tertiary/aromatic N) is 1. The molecular formula is C7H10N2O2S. The van der Waals surface area contributed by atoms with Gasteiger partial charge in [-0.25, -0.2) is 10.5 Å². The van der Waals surface area contributed by atoms with E-state index in [0.29, 0.717) is 11.5 Å². The first-order chi connectivity index (χ1) is 5.75. The molecule has 0 aliphatic rings. The fourth-order valence-electron chi connectivity index (χ4n) is 0.704. The molecule has 0 unspecified atom stereocenters. The Labute approximate surface area is 74.5 Å². The summed E-state index contributed by atoms with van der Waals surface area (Å²) < 4.78 is 0. The van der Waals surface area contributed by atoms with Crippen molar-refractivity contribution in [1.29, 1.82) is 0 Å². The molecule has 1 aromatic heterocycles. The maximum atomic E-state index is 11.2. The van der Waals surface area contributed by atoms with E-state index in [1.54, 1.807) is 19.4 Å². The minimum atomic E-state index is -0.225. The number of nitrogens with one attached hydrogen (secondary N) is 1. The Balaban J connectivity index is 2.59. The standard InChI is InChI=1S/C7H10N2O2S/c1-3-11-9-7(10)6-5(2)8-4-12-6/h4H,3H2,1-2H3,(H,9,10). The van der Waals surface area contributed by atoms with Gasteiger partial charge in [-0.1, -0.05) is 0 Å². The number of hydrogen-bond donors (Lipinski definition) is 1. The van der Waals surface area contributed by atoms with E-state index in [9.17, 15) is 4.79 Å². The molecule has 1 N–H and O–H groups in total. The normalized spacial score (nSPS) is 9.83. The predicted molar refractivity (Wildman–Crippen MR) is 45.9 cm³/mol. The van der Waals surface area contributed by atoms with Crippen molar-refractivity contribution in [1.82, 2.24) is 10.5 Å². The Morgan fingerprint density at radius 1 is 1.83 bits per heavy atom. The summed E-state index contributed by atoms with van der Waals surface area (Å²) in [7, 11) is 0. The van der Waals surface area contributed by atoms with Crippen LogP contribution < -0.4 is 5.48 Å². The number of rotatable bonds is 3. The van der Waals surface area contributed by atoms with E-state index in [-0.39, 0.29) is 5.91 Å². The van der Waals surface area contributed by atoms with Gasteiger partial charge in [-0.3, -0.25) is 9.63 Å². The molecule has 0 aliphatic heterocycles. The molecule has 0 atom stereocenters.